The number of ether oxygens (including phenoxy) is 1. The SMILES string of the molecule is COc1ccccc1-c1ccc(C#N)c(=O)n1CCCN(C)C. The number of para-hydroxylation sites is 1. The molecule has 0 saturated heterocycles. The molecule has 0 bridgehead atoms. The van der Waals surface area contributed by atoms with Crippen LogP contribution in [0.2, 0.25) is 0 Å². The third-order valence-corrected chi connectivity index (χ3v) is 3.66. The second-order valence-corrected chi connectivity index (χ2v) is 5.56. The average Bonchev–Trinajstić information content (AvgIpc) is 2.56. The van der Waals surface area contributed by atoms with E-state index in [0.29, 0.717) is 12.3 Å². The lowest BCUT2D eigenvalue weighted by atomic mass is 10.1. The lowest BCUT2D eigenvalue weighted by Gasteiger charge is -2.17. The van der Waals surface area contributed by atoms with Gasteiger partial charge in [-0.15, -0.1) is 0 Å². The molecule has 0 atom stereocenters. The van der Waals surface area contributed by atoms with Crippen LogP contribution in [0, 0.1) is 11.3 Å². The molecular weight excluding hydrogens is 290 g/mol. The molecule has 0 spiro atoms. The molecule has 0 saturated carbocycles. The second-order valence-electron chi connectivity index (χ2n) is 5.56. The van der Waals surface area contributed by atoms with E-state index in [1.165, 1.54) is 0 Å². The Balaban J connectivity index is 2.52. The molecule has 0 aliphatic rings. The van der Waals surface area contributed by atoms with Crippen molar-refractivity contribution in [1.29, 1.82) is 5.26 Å². The number of pyridine rings is 1. The van der Waals surface area contributed by atoms with Crippen LogP contribution in [0.3, 0.4) is 0 Å². The van der Waals surface area contributed by atoms with Gasteiger partial charge >= 0.3 is 0 Å². The summed E-state index contributed by atoms with van der Waals surface area (Å²) in [5.74, 6) is 0.706. The van der Waals surface area contributed by atoms with Crippen molar-refractivity contribution >= 4 is 0 Å². The smallest absolute Gasteiger partial charge is 0.268 e. The van der Waals surface area contributed by atoms with Crippen molar-refractivity contribution in [3.63, 3.8) is 0 Å². The van der Waals surface area contributed by atoms with E-state index in [0.717, 1.165) is 24.2 Å². The summed E-state index contributed by atoms with van der Waals surface area (Å²) in [6.07, 6.45) is 0.823. The van der Waals surface area contributed by atoms with Crippen LogP contribution in [-0.4, -0.2) is 37.2 Å². The third kappa shape index (κ3) is 3.79. The molecule has 2 aromatic rings. The van der Waals surface area contributed by atoms with Gasteiger partial charge in [-0.1, -0.05) is 12.1 Å². The van der Waals surface area contributed by atoms with Gasteiger partial charge in [0.2, 0.25) is 0 Å². The van der Waals surface area contributed by atoms with Gasteiger partial charge in [0.1, 0.15) is 17.4 Å². The molecule has 2 rings (SSSR count). The highest BCUT2D eigenvalue weighted by Crippen LogP contribution is 2.29. The summed E-state index contributed by atoms with van der Waals surface area (Å²) in [7, 11) is 5.60. The molecule has 0 aliphatic carbocycles. The molecule has 1 aromatic carbocycles. The highest BCUT2D eigenvalue weighted by Gasteiger charge is 2.13. The van der Waals surface area contributed by atoms with E-state index in [2.05, 4.69) is 4.90 Å². The van der Waals surface area contributed by atoms with Crippen molar-refractivity contribution in [3.05, 3.63) is 52.3 Å². The summed E-state index contributed by atoms with van der Waals surface area (Å²) in [6.45, 7) is 1.43. The molecule has 0 fully saturated rings. The first-order valence-electron chi connectivity index (χ1n) is 7.50. The van der Waals surface area contributed by atoms with Gasteiger partial charge in [-0.05, 0) is 51.3 Å². The highest BCUT2D eigenvalue weighted by molar-refractivity contribution is 5.68. The molecule has 5 heteroatoms. The Morgan fingerprint density at radius 3 is 2.61 bits per heavy atom. The van der Waals surface area contributed by atoms with Gasteiger partial charge in [0.15, 0.2) is 0 Å². The van der Waals surface area contributed by atoms with E-state index in [-0.39, 0.29) is 11.1 Å². The van der Waals surface area contributed by atoms with E-state index < -0.39 is 0 Å². The fourth-order valence-electron chi connectivity index (χ4n) is 2.52. The van der Waals surface area contributed by atoms with Gasteiger partial charge in [-0.25, -0.2) is 0 Å². The van der Waals surface area contributed by atoms with Crippen LogP contribution in [0.25, 0.3) is 11.3 Å². The van der Waals surface area contributed by atoms with E-state index in [1.807, 2.05) is 50.5 Å². The van der Waals surface area contributed by atoms with Crippen molar-refractivity contribution in [2.45, 2.75) is 13.0 Å². The molecule has 0 radical (unpaired) electrons. The van der Waals surface area contributed by atoms with Crippen LogP contribution >= 0.6 is 0 Å². The van der Waals surface area contributed by atoms with Gasteiger partial charge in [-0.3, -0.25) is 4.79 Å². The Labute approximate surface area is 136 Å². The minimum absolute atomic E-state index is 0.161. The molecule has 1 heterocycles. The van der Waals surface area contributed by atoms with Crippen molar-refractivity contribution in [1.82, 2.24) is 9.47 Å². The zero-order valence-electron chi connectivity index (χ0n) is 13.7. The topological polar surface area (TPSA) is 58.3 Å². The maximum absolute atomic E-state index is 12.6. The largest absolute Gasteiger partial charge is 0.496 e. The van der Waals surface area contributed by atoms with Gasteiger partial charge in [-0.2, -0.15) is 5.26 Å². The summed E-state index contributed by atoms with van der Waals surface area (Å²) in [5.41, 5.74) is 1.52. The quantitative estimate of drug-likeness (QED) is 0.821. The number of hydrogen-bond donors (Lipinski definition) is 0. The van der Waals surface area contributed by atoms with Crippen LogP contribution in [0.1, 0.15) is 12.0 Å². The monoisotopic (exact) mass is 311 g/mol. The molecule has 1 aromatic heterocycles. The predicted octanol–water partition coefficient (Wildman–Crippen LogP) is 2.35. The Morgan fingerprint density at radius 1 is 1.22 bits per heavy atom. The Morgan fingerprint density at radius 2 is 1.96 bits per heavy atom. The Bertz CT molecular complexity index is 773. The summed E-state index contributed by atoms with van der Waals surface area (Å²) in [4.78, 5) is 14.6. The van der Waals surface area contributed by atoms with Crippen LogP contribution in [-0.2, 0) is 6.54 Å². The minimum Gasteiger partial charge on any atom is -0.496 e. The second kappa shape index (κ2) is 7.61. The van der Waals surface area contributed by atoms with Gasteiger partial charge in [0.05, 0.1) is 12.8 Å². The molecular formula is C18H21N3O2. The number of methoxy groups -OCH3 is 1. The first-order valence-corrected chi connectivity index (χ1v) is 7.50. The Hall–Kier alpha value is -2.58. The number of aromatic nitrogens is 1. The molecule has 0 amide bonds. The van der Waals surface area contributed by atoms with Crippen LogP contribution in [0.15, 0.2) is 41.2 Å². The number of rotatable bonds is 6. The summed E-state index contributed by atoms with van der Waals surface area (Å²) < 4.78 is 7.07. The first kappa shape index (κ1) is 16.8. The van der Waals surface area contributed by atoms with Crippen molar-refractivity contribution in [2.75, 3.05) is 27.7 Å². The lowest BCUT2D eigenvalue weighted by molar-refractivity contribution is 0.385. The normalized spacial score (nSPS) is 10.6. The Kier molecular flexibility index (Phi) is 5.56. The van der Waals surface area contributed by atoms with Crippen molar-refractivity contribution in [2.24, 2.45) is 0 Å². The predicted molar refractivity (Wildman–Crippen MR) is 90.6 cm³/mol. The first-order chi connectivity index (χ1) is 11.1. The highest BCUT2D eigenvalue weighted by atomic mass is 16.5. The zero-order chi connectivity index (χ0) is 16.8. The number of nitriles is 1. The summed E-state index contributed by atoms with van der Waals surface area (Å²) >= 11 is 0. The molecule has 5 nitrogen and oxygen atoms in total. The van der Waals surface area contributed by atoms with Crippen LogP contribution in [0.5, 0.6) is 5.75 Å². The van der Waals surface area contributed by atoms with E-state index >= 15 is 0 Å². The number of nitrogens with zero attached hydrogens (tertiary/aromatic N) is 3. The molecule has 0 unspecified atom stereocenters. The maximum Gasteiger partial charge on any atom is 0.268 e. The van der Waals surface area contributed by atoms with Gasteiger partial charge < -0.3 is 14.2 Å². The fourth-order valence-corrected chi connectivity index (χ4v) is 2.52. The standard InChI is InChI=1S/C18H21N3O2/c1-20(2)11-6-12-21-16(10-9-14(13-19)18(21)22)15-7-4-5-8-17(15)23-3/h4-5,7-10H,6,11-12H2,1-3H3. The van der Waals surface area contributed by atoms with E-state index in [1.54, 1.807) is 17.7 Å². The van der Waals surface area contributed by atoms with Crippen LogP contribution in [0.4, 0.5) is 0 Å². The minimum atomic E-state index is -0.255. The average molecular weight is 311 g/mol. The molecule has 0 aliphatic heterocycles. The van der Waals surface area contributed by atoms with Crippen molar-refractivity contribution < 1.29 is 4.74 Å². The van der Waals surface area contributed by atoms with Gasteiger partial charge in [0, 0.05) is 12.1 Å². The van der Waals surface area contributed by atoms with Crippen molar-refractivity contribution in [3.8, 4) is 23.1 Å². The van der Waals surface area contributed by atoms with E-state index in [4.69, 9.17) is 10.00 Å². The third-order valence-electron chi connectivity index (χ3n) is 3.66. The number of hydrogen-bond acceptors (Lipinski definition) is 4. The number of benzene rings is 1. The summed E-state index contributed by atoms with van der Waals surface area (Å²) in [5, 5.41) is 9.12. The molecule has 120 valence electrons. The summed E-state index contributed by atoms with van der Waals surface area (Å²) in [6, 6.07) is 12.9. The van der Waals surface area contributed by atoms with E-state index in [9.17, 15) is 4.79 Å². The van der Waals surface area contributed by atoms with Gasteiger partial charge in [0.25, 0.3) is 5.56 Å². The maximum atomic E-state index is 12.6. The zero-order valence-corrected chi connectivity index (χ0v) is 13.7. The van der Waals surface area contributed by atoms with Crippen LogP contribution < -0.4 is 10.3 Å². The molecule has 23 heavy (non-hydrogen) atoms. The molecule has 0 N–H and O–H groups in total. The fraction of sp³-hybridized carbons (Fsp3) is 0.333. The lowest BCUT2D eigenvalue weighted by Crippen LogP contribution is -2.26.